The van der Waals surface area contributed by atoms with E-state index in [2.05, 4.69) is 10.0 Å². The molecule has 34 heavy (non-hydrogen) atoms. The lowest BCUT2D eigenvalue weighted by molar-refractivity contribution is 0.0730. The number of sulfonamides is 2. The number of aryl methyl sites for hydroxylation is 1. The van der Waals surface area contributed by atoms with Crippen LogP contribution in [0.1, 0.15) is 29.8 Å². The number of carbonyl (C=O) groups excluding carboxylic acids is 1. The number of ether oxygens (including phenoxy) is 2. The molecule has 0 atom stereocenters. The lowest BCUT2D eigenvalue weighted by Gasteiger charge is -2.26. The van der Waals surface area contributed by atoms with Crippen LogP contribution < -0.4 is 14.8 Å². The molecule has 0 aliphatic carbocycles. The third-order valence-corrected chi connectivity index (χ3v) is 8.86. The zero-order chi connectivity index (χ0) is 25.1. The number of morpholine rings is 1. The summed E-state index contributed by atoms with van der Waals surface area (Å²) in [6.45, 7) is 6.15. The van der Waals surface area contributed by atoms with Crippen LogP contribution in [0.3, 0.4) is 0 Å². The summed E-state index contributed by atoms with van der Waals surface area (Å²) in [6.07, 6.45) is 0. The molecule has 186 valence electrons. The molecule has 10 nitrogen and oxygen atoms in total. The van der Waals surface area contributed by atoms with Crippen LogP contribution in [0.25, 0.3) is 0 Å². The van der Waals surface area contributed by atoms with Gasteiger partial charge >= 0.3 is 0 Å². The highest BCUT2D eigenvalue weighted by atomic mass is 32.2. The smallest absolute Gasteiger partial charge is 0.255 e. The van der Waals surface area contributed by atoms with Crippen LogP contribution >= 0.6 is 0 Å². The molecule has 0 aromatic heterocycles. The first-order valence-electron chi connectivity index (χ1n) is 10.7. The Labute approximate surface area is 200 Å². The van der Waals surface area contributed by atoms with Crippen molar-refractivity contribution in [1.29, 1.82) is 0 Å². The average Bonchev–Trinajstić information content (AvgIpc) is 2.79. The minimum atomic E-state index is -3.81. The summed E-state index contributed by atoms with van der Waals surface area (Å²) >= 11 is 0. The molecule has 0 spiro atoms. The molecular weight excluding hydrogens is 482 g/mol. The molecule has 12 heteroatoms. The molecule has 0 bridgehead atoms. The Morgan fingerprint density at radius 1 is 1.06 bits per heavy atom. The van der Waals surface area contributed by atoms with Gasteiger partial charge in [-0.1, -0.05) is 6.07 Å². The molecule has 1 amide bonds. The molecule has 3 rings (SSSR count). The number of hydrogen-bond donors (Lipinski definition) is 2. The van der Waals surface area contributed by atoms with Gasteiger partial charge < -0.3 is 14.8 Å². The second kappa shape index (κ2) is 10.4. The summed E-state index contributed by atoms with van der Waals surface area (Å²) in [5.74, 6) is -0.354. The van der Waals surface area contributed by atoms with Gasteiger partial charge in [0.2, 0.25) is 20.0 Å². The normalized spacial score (nSPS) is 15.3. The Kier molecular flexibility index (Phi) is 7.98. The van der Waals surface area contributed by atoms with E-state index in [0.717, 1.165) is 0 Å². The molecule has 2 aromatic carbocycles. The molecular formula is C22H29N3O7S2. The van der Waals surface area contributed by atoms with Crippen LogP contribution in [-0.2, 0) is 24.8 Å². The quantitative estimate of drug-likeness (QED) is 0.554. The molecule has 1 saturated heterocycles. The van der Waals surface area contributed by atoms with E-state index < -0.39 is 26.0 Å². The van der Waals surface area contributed by atoms with Crippen molar-refractivity contribution in [3.05, 3.63) is 47.5 Å². The van der Waals surface area contributed by atoms with Gasteiger partial charge in [0.05, 0.1) is 35.8 Å². The summed E-state index contributed by atoms with van der Waals surface area (Å²) < 4.78 is 65.7. The van der Waals surface area contributed by atoms with Crippen molar-refractivity contribution in [2.75, 3.05) is 38.7 Å². The number of amides is 1. The Morgan fingerprint density at radius 2 is 1.74 bits per heavy atom. The van der Waals surface area contributed by atoms with Crippen molar-refractivity contribution in [3.8, 4) is 5.75 Å². The van der Waals surface area contributed by atoms with E-state index in [1.165, 1.54) is 41.7 Å². The van der Waals surface area contributed by atoms with Crippen LogP contribution in [0.15, 0.2) is 46.2 Å². The molecule has 1 aliphatic heterocycles. The molecule has 2 aromatic rings. The Balaban J connectivity index is 1.93. The van der Waals surface area contributed by atoms with Gasteiger partial charge in [0.15, 0.2) is 0 Å². The SMILES string of the molecule is COc1ccc(S(=O)(=O)NC(C)C)cc1NC(=O)c1ccc(C)c(S(=O)(=O)N2CCOCC2)c1. The molecule has 0 saturated carbocycles. The van der Waals surface area contributed by atoms with Gasteiger partial charge in [-0.3, -0.25) is 4.79 Å². The molecule has 1 fully saturated rings. The predicted octanol–water partition coefficient (Wildman–Crippen LogP) is 1.96. The van der Waals surface area contributed by atoms with Crippen molar-refractivity contribution < 1.29 is 31.1 Å². The van der Waals surface area contributed by atoms with E-state index in [1.54, 1.807) is 26.8 Å². The number of nitrogens with zero attached hydrogens (tertiary/aromatic N) is 1. The van der Waals surface area contributed by atoms with E-state index in [4.69, 9.17) is 9.47 Å². The number of rotatable bonds is 8. The lowest BCUT2D eigenvalue weighted by atomic mass is 10.1. The van der Waals surface area contributed by atoms with E-state index >= 15 is 0 Å². The van der Waals surface area contributed by atoms with Gasteiger partial charge in [0, 0.05) is 24.7 Å². The van der Waals surface area contributed by atoms with Gasteiger partial charge in [0.25, 0.3) is 5.91 Å². The number of hydrogen-bond acceptors (Lipinski definition) is 7. The maximum Gasteiger partial charge on any atom is 0.255 e. The molecule has 0 unspecified atom stereocenters. The largest absolute Gasteiger partial charge is 0.495 e. The first-order valence-corrected chi connectivity index (χ1v) is 13.6. The van der Waals surface area contributed by atoms with Crippen LogP contribution in [0, 0.1) is 6.92 Å². The summed E-state index contributed by atoms with van der Waals surface area (Å²) in [5.41, 5.74) is 0.749. The van der Waals surface area contributed by atoms with Crippen LogP contribution in [-0.4, -0.2) is 66.5 Å². The molecule has 0 radical (unpaired) electrons. The van der Waals surface area contributed by atoms with E-state index in [0.29, 0.717) is 18.8 Å². The molecule has 1 aliphatic rings. The van der Waals surface area contributed by atoms with Crippen LogP contribution in [0.4, 0.5) is 5.69 Å². The standard InChI is InChI=1S/C22H29N3O7S2/c1-15(2)24-33(27,28)18-7-8-20(31-4)19(14-18)23-22(26)17-6-5-16(3)21(13-17)34(29,30)25-9-11-32-12-10-25/h5-8,13-15,24H,9-12H2,1-4H3,(H,23,26). The minimum Gasteiger partial charge on any atom is -0.495 e. The van der Waals surface area contributed by atoms with Crippen molar-refractivity contribution in [2.45, 2.75) is 36.6 Å². The van der Waals surface area contributed by atoms with Gasteiger partial charge in [-0.15, -0.1) is 0 Å². The molecule has 1 heterocycles. The van der Waals surface area contributed by atoms with Crippen molar-refractivity contribution in [2.24, 2.45) is 0 Å². The number of carbonyl (C=O) groups is 1. The zero-order valence-corrected chi connectivity index (χ0v) is 21.1. The second-order valence-electron chi connectivity index (χ2n) is 8.09. The summed E-state index contributed by atoms with van der Waals surface area (Å²) in [6, 6.07) is 8.18. The van der Waals surface area contributed by atoms with Crippen LogP contribution in [0.2, 0.25) is 0 Å². The number of nitrogens with one attached hydrogen (secondary N) is 2. The summed E-state index contributed by atoms with van der Waals surface area (Å²) in [7, 11) is -6.22. The number of anilines is 1. The maximum absolute atomic E-state index is 13.1. The second-order valence-corrected chi connectivity index (χ2v) is 11.7. The third kappa shape index (κ3) is 5.76. The number of benzene rings is 2. The highest BCUT2D eigenvalue weighted by molar-refractivity contribution is 7.89. The van der Waals surface area contributed by atoms with Gasteiger partial charge in [0.1, 0.15) is 5.75 Å². The van der Waals surface area contributed by atoms with Crippen LogP contribution in [0.5, 0.6) is 5.75 Å². The van der Waals surface area contributed by atoms with E-state index in [1.807, 2.05) is 0 Å². The van der Waals surface area contributed by atoms with Gasteiger partial charge in [-0.2, -0.15) is 4.31 Å². The fraction of sp³-hybridized carbons (Fsp3) is 0.409. The highest BCUT2D eigenvalue weighted by Crippen LogP contribution is 2.29. The van der Waals surface area contributed by atoms with Gasteiger partial charge in [-0.05, 0) is 56.7 Å². The summed E-state index contributed by atoms with van der Waals surface area (Å²) in [4.78, 5) is 13.0. The minimum absolute atomic E-state index is 0.0338. The highest BCUT2D eigenvalue weighted by Gasteiger charge is 2.28. The van der Waals surface area contributed by atoms with Gasteiger partial charge in [-0.25, -0.2) is 21.6 Å². The Bertz CT molecular complexity index is 1270. The Morgan fingerprint density at radius 3 is 2.35 bits per heavy atom. The first-order chi connectivity index (χ1) is 16.0. The summed E-state index contributed by atoms with van der Waals surface area (Å²) in [5, 5.41) is 2.64. The lowest BCUT2D eigenvalue weighted by Crippen LogP contribution is -2.40. The van der Waals surface area contributed by atoms with E-state index in [9.17, 15) is 21.6 Å². The third-order valence-electron chi connectivity index (χ3n) is 5.16. The average molecular weight is 512 g/mol. The van der Waals surface area contributed by atoms with Crippen molar-refractivity contribution in [3.63, 3.8) is 0 Å². The maximum atomic E-state index is 13.1. The zero-order valence-electron chi connectivity index (χ0n) is 19.5. The fourth-order valence-electron chi connectivity index (χ4n) is 3.47. The van der Waals surface area contributed by atoms with E-state index in [-0.39, 0.29) is 45.9 Å². The topological polar surface area (TPSA) is 131 Å². The monoisotopic (exact) mass is 511 g/mol. The predicted molar refractivity (Wildman–Crippen MR) is 127 cm³/mol. The molecule has 2 N–H and O–H groups in total. The number of methoxy groups -OCH3 is 1. The first kappa shape index (κ1) is 26.1. The Hall–Kier alpha value is -2.51. The fourth-order valence-corrected chi connectivity index (χ4v) is 6.41. The van der Waals surface area contributed by atoms with Crippen molar-refractivity contribution in [1.82, 2.24) is 9.03 Å². The van der Waals surface area contributed by atoms with Crippen molar-refractivity contribution >= 4 is 31.6 Å².